The van der Waals surface area contributed by atoms with Crippen molar-refractivity contribution in [2.75, 3.05) is 32.2 Å². The minimum atomic E-state index is 0.549. The maximum Gasteiger partial charge on any atom is 0.119 e. The van der Waals surface area contributed by atoms with Gasteiger partial charge in [-0.2, -0.15) is 0 Å². The molecule has 1 aromatic carbocycles. The molecule has 0 saturated carbocycles. The average molecular weight is 244 g/mol. The Morgan fingerprint density at radius 3 is 2.44 bits per heavy atom. The third kappa shape index (κ3) is 5.35. The summed E-state index contributed by atoms with van der Waals surface area (Å²) in [6.45, 7) is 2.25. The van der Waals surface area contributed by atoms with Gasteiger partial charge < -0.3 is 15.2 Å². The first-order chi connectivity index (χ1) is 7.86. The zero-order valence-corrected chi connectivity index (χ0v) is 10.1. The van der Waals surface area contributed by atoms with Gasteiger partial charge in [0.25, 0.3) is 0 Å². The van der Waals surface area contributed by atoms with E-state index in [1.54, 1.807) is 0 Å². The molecule has 4 heteroatoms. The third-order valence-electron chi connectivity index (χ3n) is 2.07. The number of benzene rings is 1. The van der Waals surface area contributed by atoms with Crippen LogP contribution in [0.1, 0.15) is 5.56 Å². The van der Waals surface area contributed by atoms with E-state index < -0.39 is 0 Å². The van der Waals surface area contributed by atoms with E-state index >= 15 is 0 Å². The molecule has 2 N–H and O–H groups in total. The highest BCUT2D eigenvalue weighted by atomic mass is 35.5. The first-order valence-corrected chi connectivity index (χ1v) is 5.96. The second-order valence-corrected chi connectivity index (χ2v) is 3.71. The Balaban J connectivity index is 2.21. The number of hydrogen-bond donors (Lipinski definition) is 1. The van der Waals surface area contributed by atoms with Gasteiger partial charge in [-0.15, -0.1) is 11.6 Å². The molecule has 0 radical (unpaired) electrons. The topological polar surface area (TPSA) is 44.5 Å². The highest BCUT2D eigenvalue weighted by molar-refractivity contribution is 6.17. The molecule has 0 atom stereocenters. The minimum absolute atomic E-state index is 0.549. The first-order valence-electron chi connectivity index (χ1n) is 5.42. The first kappa shape index (κ1) is 13.3. The van der Waals surface area contributed by atoms with Crippen LogP contribution in [0.2, 0.25) is 0 Å². The molecule has 0 aliphatic rings. The SMILES string of the molecule is NCCOCCOc1ccc(CCCl)cc1. The number of aryl methyl sites for hydroxylation is 1. The van der Waals surface area contributed by atoms with Crippen molar-refractivity contribution >= 4 is 11.6 Å². The van der Waals surface area contributed by atoms with E-state index in [0.717, 1.165) is 12.2 Å². The summed E-state index contributed by atoms with van der Waals surface area (Å²) in [7, 11) is 0. The van der Waals surface area contributed by atoms with Crippen LogP contribution in [0.3, 0.4) is 0 Å². The van der Waals surface area contributed by atoms with Gasteiger partial charge in [-0.25, -0.2) is 0 Å². The fourth-order valence-corrected chi connectivity index (χ4v) is 1.48. The van der Waals surface area contributed by atoms with Gasteiger partial charge in [0.2, 0.25) is 0 Å². The lowest BCUT2D eigenvalue weighted by atomic mass is 10.2. The van der Waals surface area contributed by atoms with Crippen LogP contribution in [-0.2, 0) is 11.2 Å². The molecule has 90 valence electrons. The van der Waals surface area contributed by atoms with Gasteiger partial charge >= 0.3 is 0 Å². The van der Waals surface area contributed by atoms with E-state index in [4.69, 9.17) is 26.8 Å². The van der Waals surface area contributed by atoms with Gasteiger partial charge in [-0.3, -0.25) is 0 Å². The lowest BCUT2D eigenvalue weighted by molar-refractivity contribution is 0.106. The Kier molecular flexibility index (Phi) is 6.97. The van der Waals surface area contributed by atoms with Crippen LogP contribution < -0.4 is 10.5 Å². The molecule has 0 heterocycles. The van der Waals surface area contributed by atoms with E-state index in [1.165, 1.54) is 5.56 Å². The van der Waals surface area contributed by atoms with Crippen LogP contribution >= 0.6 is 11.6 Å². The fraction of sp³-hybridized carbons (Fsp3) is 0.500. The van der Waals surface area contributed by atoms with Crippen LogP contribution in [-0.4, -0.2) is 32.2 Å². The predicted molar refractivity (Wildman–Crippen MR) is 66.2 cm³/mol. The van der Waals surface area contributed by atoms with Crippen LogP contribution in [0.25, 0.3) is 0 Å². The van der Waals surface area contributed by atoms with E-state index in [1.807, 2.05) is 24.3 Å². The highest BCUT2D eigenvalue weighted by Gasteiger charge is 1.95. The smallest absolute Gasteiger partial charge is 0.119 e. The fourth-order valence-electron chi connectivity index (χ4n) is 1.27. The van der Waals surface area contributed by atoms with Crippen molar-refractivity contribution < 1.29 is 9.47 Å². The zero-order valence-electron chi connectivity index (χ0n) is 9.32. The van der Waals surface area contributed by atoms with Crippen LogP contribution in [0.5, 0.6) is 5.75 Å². The molecule has 0 spiro atoms. The van der Waals surface area contributed by atoms with Crippen molar-refractivity contribution in [3.8, 4) is 5.75 Å². The van der Waals surface area contributed by atoms with Gasteiger partial charge in [0.1, 0.15) is 12.4 Å². The number of hydrogen-bond acceptors (Lipinski definition) is 3. The molecule has 16 heavy (non-hydrogen) atoms. The van der Waals surface area contributed by atoms with E-state index in [9.17, 15) is 0 Å². The standard InChI is InChI=1S/C12H18ClNO2/c13-6-5-11-1-3-12(4-2-11)16-10-9-15-8-7-14/h1-4H,5-10,14H2. The molecule has 0 aliphatic heterocycles. The summed E-state index contributed by atoms with van der Waals surface area (Å²) in [5, 5.41) is 0. The van der Waals surface area contributed by atoms with Crippen LogP contribution in [0, 0.1) is 0 Å². The minimum Gasteiger partial charge on any atom is -0.491 e. The molecule has 0 aliphatic carbocycles. The Hall–Kier alpha value is -0.770. The average Bonchev–Trinajstić information content (AvgIpc) is 2.31. The number of nitrogens with two attached hydrogens (primary N) is 1. The molecule has 0 bridgehead atoms. The molecular formula is C12H18ClNO2. The second kappa shape index (κ2) is 8.39. The summed E-state index contributed by atoms with van der Waals surface area (Å²) in [5.74, 6) is 1.50. The van der Waals surface area contributed by atoms with Crippen molar-refractivity contribution in [3.05, 3.63) is 29.8 Å². The summed E-state index contributed by atoms with van der Waals surface area (Å²) >= 11 is 5.65. The van der Waals surface area contributed by atoms with Gasteiger partial charge in [0.05, 0.1) is 13.2 Å². The molecule has 1 rings (SSSR count). The van der Waals surface area contributed by atoms with E-state index in [-0.39, 0.29) is 0 Å². The van der Waals surface area contributed by atoms with Gasteiger partial charge in [0.15, 0.2) is 0 Å². The van der Waals surface area contributed by atoms with Gasteiger partial charge in [0, 0.05) is 12.4 Å². The number of halogens is 1. The van der Waals surface area contributed by atoms with E-state index in [2.05, 4.69) is 0 Å². The Morgan fingerprint density at radius 1 is 1.06 bits per heavy atom. The monoisotopic (exact) mass is 243 g/mol. The van der Waals surface area contributed by atoms with Crippen molar-refractivity contribution in [3.63, 3.8) is 0 Å². The van der Waals surface area contributed by atoms with Crippen molar-refractivity contribution in [2.45, 2.75) is 6.42 Å². The number of rotatable bonds is 8. The normalized spacial score (nSPS) is 10.4. The summed E-state index contributed by atoms with van der Waals surface area (Å²) in [4.78, 5) is 0. The zero-order chi connectivity index (χ0) is 11.6. The summed E-state index contributed by atoms with van der Waals surface area (Å²) < 4.78 is 10.7. The molecule has 1 aromatic rings. The molecular weight excluding hydrogens is 226 g/mol. The lowest BCUT2D eigenvalue weighted by Crippen LogP contribution is -2.13. The Labute approximate surface area is 101 Å². The van der Waals surface area contributed by atoms with E-state index in [0.29, 0.717) is 32.2 Å². The predicted octanol–water partition coefficient (Wildman–Crippen LogP) is 1.82. The molecule has 0 aromatic heterocycles. The van der Waals surface area contributed by atoms with Gasteiger partial charge in [-0.05, 0) is 24.1 Å². The number of ether oxygens (including phenoxy) is 2. The van der Waals surface area contributed by atoms with Crippen molar-refractivity contribution in [1.29, 1.82) is 0 Å². The van der Waals surface area contributed by atoms with Gasteiger partial charge in [-0.1, -0.05) is 12.1 Å². The third-order valence-corrected chi connectivity index (χ3v) is 2.25. The molecule has 0 amide bonds. The Bertz CT molecular complexity index is 277. The summed E-state index contributed by atoms with van der Waals surface area (Å²) in [6, 6.07) is 7.95. The molecule has 3 nitrogen and oxygen atoms in total. The highest BCUT2D eigenvalue weighted by Crippen LogP contribution is 2.12. The maximum atomic E-state index is 5.65. The number of alkyl halides is 1. The largest absolute Gasteiger partial charge is 0.491 e. The summed E-state index contributed by atoms with van der Waals surface area (Å²) in [5.41, 5.74) is 6.51. The maximum absolute atomic E-state index is 5.65. The van der Waals surface area contributed by atoms with Crippen molar-refractivity contribution in [1.82, 2.24) is 0 Å². The molecule has 0 unspecified atom stereocenters. The molecule has 0 fully saturated rings. The van der Waals surface area contributed by atoms with Crippen LogP contribution in [0.15, 0.2) is 24.3 Å². The lowest BCUT2D eigenvalue weighted by Gasteiger charge is -2.07. The molecule has 0 saturated heterocycles. The summed E-state index contributed by atoms with van der Waals surface area (Å²) in [6.07, 6.45) is 0.890. The Morgan fingerprint density at radius 2 is 1.81 bits per heavy atom. The quantitative estimate of drug-likeness (QED) is 0.560. The second-order valence-electron chi connectivity index (χ2n) is 3.33. The van der Waals surface area contributed by atoms with Crippen molar-refractivity contribution in [2.24, 2.45) is 5.73 Å². The van der Waals surface area contributed by atoms with Crippen LogP contribution in [0.4, 0.5) is 0 Å².